The SMILES string of the molecule is Cn1c(=O)c2ccccc2n2c(CN3CCC[C@H]3CO)nnc12. The summed E-state index contributed by atoms with van der Waals surface area (Å²) in [6.45, 7) is 1.73. The Balaban J connectivity index is 1.90. The van der Waals surface area contributed by atoms with Crippen molar-refractivity contribution in [1.29, 1.82) is 0 Å². The van der Waals surface area contributed by atoms with Crippen molar-refractivity contribution in [2.45, 2.75) is 25.4 Å². The van der Waals surface area contributed by atoms with Crippen LogP contribution in [0.25, 0.3) is 16.7 Å². The van der Waals surface area contributed by atoms with Gasteiger partial charge in [0.1, 0.15) is 0 Å². The molecule has 120 valence electrons. The van der Waals surface area contributed by atoms with Crippen molar-refractivity contribution in [3.8, 4) is 0 Å². The highest BCUT2D eigenvalue weighted by atomic mass is 16.3. The number of para-hydroxylation sites is 1. The lowest BCUT2D eigenvalue weighted by molar-refractivity contribution is 0.151. The van der Waals surface area contributed by atoms with Crippen molar-refractivity contribution in [3.05, 3.63) is 40.4 Å². The second-order valence-corrected chi connectivity index (χ2v) is 6.08. The summed E-state index contributed by atoms with van der Waals surface area (Å²) in [7, 11) is 1.72. The normalized spacial score (nSPS) is 19.1. The Bertz CT molecular complexity index is 929. The van der Waals surface area contributed by atoms with Crippen molar-refractivity contribution < 1.29 is 5.11 Å². The molecule has 0 unspecified atom stereocenters. The largest absolute Gasteiger partial charge is 0.395 e. The van der Waals surface area contributed by atoms with Crippen molar-refractivity contribution in [3.63, 3.8) is 0 Å². The zero-order valence-electron chi connectivity index (χ0n) is 13.0. The minimum atomic E-state index is -0.0681. The monoisotopic (exact) mass is 313 g/mol. The molecule has 1 N–H and O–H groups in total. The van der Waals surface area contributed by atoms with Gasteiger partial charge < -0.3 is 5.11 Å². The van der Waals surface area contributed by atoms with Crippen LogP contribution in [0.5, 0.6) is 0 Å². The van der Waals surface area contributed by atoms with E-state index >= 15 is 0 Å². The van der Waals surface area contributed by atoms with Gasteiger partial charge in [0.25, 0.3) is 5.56 Å². The maximum Gasteiger partial charge on any atom is 0.262 e. The van der Waals surface area contributed by atoms with Crippen LogP contribution in [0.4, 0.5) is 0 Å². The first-order valence-electron chi connectivity index (χ1n) is 7.87. The van der Waals surface area contributed by atoms with E-state index in [1.807, 2.05) is 28.7 Å². The van der Waals surface area contributed by atoms with Gasteiger partial charge in [-0.15, -0.1) is 10.2 Å². The Morgan fingerprint density at radius 2 is 2.13 bits per heavy atom. The smallest absolute Gasteiger partial charge is 0.262 e. The summed E-state index contributed by atoms with van der Waals surface area (Å²) < 4.78 is 3.48. The number of aliphatic hydroxyl groups is 1. The first-order chi connectivity index (χ1) is 11.2. The molecule has 2 aromatic heterocycles. The summed E-state index contributed by atoms with van der Waals surface area (Å²) in [5.41, 5.74) is 0.756. The summed E-state index contributed by atoms with van der Waals surface area (Å²) in [4.78, 5) is 14.7. The van der Waals surface area contributed by atoms with E-state index in [0.29, 0.717) is 17.7 Å². The molecular weight excluding hydrogens is 294 g/mol. The summed E-state index contributed by atoms with van der Waals surface area (Å²) >= 11 is 0. The van der Waals surface area contributed by atoms with Crippen LogP contribution < -0.4 is 5.56 Å². The van der Waals surface area contributed by atoms with Crippen molar-refractivity contribution in [2.24, 2.45) is 7.05 Å². The average Bonchev–Trinajstić information content (AvgIpc) is 3.20. The number of likely N-dealkylation sites (tertiary alicyclic amines) is 1. The Morgan fingerprint density at radius 3 is 2.96 bits per heavy atom. The molecule has 1 aliphatic rings. The topological polar surface area (TPSA) is 75.7 Å². The van der Waals surface area contributed by atoms with E-state index < -0.39 is 0 Å². The van der Waals surface area contributed by atoms with Gasteiger partial charge >= 0.3 is 0 Å². The van der Waals surface area contributed by atoms with E-state index in [1.54, 1.807) is 7.05 Å². The molecule has 7 heteroatoms. The quantitative estimate of drug-likeness (QED) is 0.764. The van der Waals surface area contributed by atoms with Crippen LogP contribution in [-0.2, 0) is 13.6 Å². The number of hydrogen-bond donors (Lipinski definition) is 1. The van der Waals surface area contributed by atoms with Crippen LogP contribution in [-0.4, -0.2) is 48.4 Å². The average molecular weight is 313 g/mol. The van der Waals surface area contributed by atoms with Gasteiger partial charge in [-0.05, 0) is 31.5 Å². The Labute approximate surface area is 132 Å². The molecule has 23 heavy (non-hydrogen) atoms. The van der Waals surface area contributed by atoms with Crippen molar-refractivity contribution in [1.82, 2.24) is 24.1 Å². The molecule has 0 saturated carbocycles. The first kappa shape index (κ1) is 14.3. The predicted molar refractivity (Wildman–Crippen MR) is 86.3 cm³/mol. The molecule has 0 spiro atoms. The Hall–Kier alpha value is -2.25. The lowest BCUT2D eigenvalue weighted by Gasteiger charge is -2.21. The lowest BCUT2D eigenvalue weighted by atomic mass is 10.2. The Morgan fingerprint density at radius 1 is 1.30 bits per heavy atom. The maximum absolute atomic E-state index is 12.4. The molecule has 0 bridgehead atoms. The van der Waals surface area contributed by atoms with Crippen LogP contribution in [0.2, 0.25) is 0 Å². The van der Waals surface area contributed by atoms with Gasteiger partial charge in [0, 0.05) is 13.1 Å². The van der Waals surface area contributed by atoms with E-state index in [9.17, 15) is 9.90 Å². The van der Waals surface area contributed by atoms with Crippen LogP contribution in [0.1, 0.15) is 18.7 Å². The van der Waals surface area contributed by atoms with Gasteiger partial charge in [0.15, 0.2) is 5.82 Å². The molecule has 1 atom stereocenters. The number of benzene rings is 1. The third kappa shape index (κ3) is 2.15. The highest BCUT2D eigenvalue weighted by Crippen LogP contribution is 2.20. The number of aromatic nitrogens is 4. The highest BCUT2D eigenvalue weighted by molar-refractivity contribution is 5.80. The minimum absolute atomic E-state index is 0.0681. The molecule has 3 aromatic rings. The molecule has 0 amide bonds. The first-order valence-corrected chi connectivity index (χ1v) is 7.87. The van der Waals surface area contributed by atoms with E-state index in [-0.39, 0.29) is 18.2 Å². The van der Waals surface area contributed by atoms with E-state index in [0.717, 1.165) is 30.7 Å². The number of fused-ring (bicyclic) bond motifs is 3. The number of aliphatic hydroxyl groups excluding tert-OH is 1. The van der Waals surface area contributed by atoms with Gasteiger partial charge in [-0.25, -0.2) is 0 Å². The van der Waals surface area contributed by atoms with Gasteiger partial charge in [0.05, 0.1) is 24.1 Å². The molecule has 1 aromatic carbocycles. The van der Waals surface area contributed by atoms with Crippen LogP contribution >= 0.6 is 0 Å². The summed E-state index contributed by atoms with van der Waals surface area (Å²) in [5, 5.41) is 18.7. The second kappa shape index (κ2) is 5.43. The molecule has 4 rings (SSSR count). The molecule has 3 heterocycles. The summed E-state index contributed by atoms with van der Waals surface area (Å²) in [6.07, 6.45) is 2.09. The molecule has 1 aliphatic heterocycles. The third-order valence-electron chi connectivity index (χ3n) is 4.75. The third-order valence-corrected chi connectivity index (χ3v) is 4.75. The van der Waals surface area contributed by atoms with Crippen molar-refractivity contribution in [2.75, 3.05) is 13.2 Å². The molecule has 7 nitrogen and oxygen atoms in total. The predicted octanol–water partition coefficient (Wildman–Crippen LogP) is 0.538. The van der Waals surface area contributed by atoms with E-state index in [2.05, 4.69) is 15.1 Å². The van der Waals surface area contributed by atoms with Gasteiger partial charge in [-0.3, -0.25) is 18.7 Å². The lowest BCUT2D eigenvalue weighted by Crippen LogP contribution is -2.32. The highest BCUT2D eigenvalue weighted by Gasteiger charge is 2.26. The number of nitrogens with zero attached hydrogens (tertiary/aromatic N) is 5. The summed E-state index contributed by atoms with van der Waals surface area (Å²) in [6, 6.07) is 7.71. The van der Waals surface area contributed by atoms with Gasteiger partial charge in [-0.2, -0.15) is 0 Å². The molecular formula is C16H19N5O2. The fourth-order valence-electron chi connectivity index (χ4n) is 3.49. The number of aryl methyl sites for hydroxylation is 1. The summed E-state index contributed by atoms with van der Waals surface area (Å²) in [5.74, 6) is 1.34. The second-order valence-electron chi connectivity index (χ2n) is 6.08. The van der Waals surface area contributed by atoms with Crippen LogP contribution in [0.3, 0.4) is 0 Å². The maximum atomic E-state index is 12.4. The van der Waals surface area contributed by atoms with Gasteiger partial charge in [0.2, 0.25) is 5.78 Å². The fourth-order valence-corrected chi connectivity index (χ4v) is 3.49. The van der Waals surface area contributed by atoms with E-state index in [1.165, 1.54) is 4.57 Å². The van der Waals surface area contributed by atoms with E-state index in [4.69, 9.17) is 0 Å². The zero-order chi connectivity index (χ0) is 16.0. The number of rotatable bonds is 3. The van der Waals surface area contributed by atoms with Crippen LogP contribution in [0, 0.1) is 0 Å². The molecule has 1 saturated heterocycles. The minimum Gasteiger partial charge on any atom is -0.395 e. The zero-order valence-corrected chi connectivity index (χ0v) is 13.0. The van der Waals surface area contributed by atoms with Crippen molar-refractivity contribution >= 4 is 16.7 Å². The standard InChI is InChI=1S/C16H19N5O2/c1-19-15(23)12-6-2-3-7-13(12)21-14(17-18-16(19)21)9-20-8-4-5-11(20)10-22/h2-3,6-7,11,22H,4-5,8-10H2,1H3/t11-/m0/s1. The molecule has 0 aliphatic carbocycles. The Kier molecular flexibility index (Phi) is 3.39. The molecule has 0 radical (unpaired) electrons. The van der Waals surface area contributed by atoms with Gasteiger partial charge in [-0.1, -0.05) is 12.1 Å². The number of hydrogen-bond acceptors (Lipinski definition) is 5. The fraction of sp³-hybridized carbons (Fsp3) is 0.438. The van der Waals surface area contributed by atoms with Crippen LogP contribution in [0.15, 0.2) is 29.1 Å². The molecule has 1 fully saturated rings.